The number of aldehydes is 1. The largest absolute Gasteiger partial charge is 0.298 e. The molecule has 0 saturated carbocycles. The number of carbonyl (C=O) groups excluding carboxylic acids is 1. The molecule has 2 rings (SSSR count). The number of nitrogens with zero attached hydrogens (tertiary/aromatic N) is 2. The molecule has 1 aromatic carbocycles. The maximum absolute atomic E-state index is 10.6. The molecule has 0 radical (unpaired) electrons. The number of benzene rings is 1. The van der Waals surface area contributed by atoms with Crippen molar-refractivity contribution in [2.75, 3.05) is 0 Å². The standard InChI is InChI=1S/C10H6BrClN2O/c11-10-3-9(2-1-7(10)6-15)14-5-8(12)4-13-14/h1-6H. The lowest BCUT2D eigenvalue weighted by molar-refractivity contribution is 0.112. The predicted octanol–water partition coefficient (Wildman–Crippen LogP) is 3.10. The average Bonchev–Trinajstić information content (AvgIpc) is 2.65. The Hall–Kier alpha value is -1.13. The van der Waals surface area contributed by atoms with E-state index in [4.69, 9.17) is 11.6 Å². The highest BCUT2D eigenvalue weighted by Crippen LogP contribution is 2.20. The molecule has 0 bridgehead atoms. The molecule has 1 aromatic heterocycles. The molecule has 0 N–H and O–H groups in total. The minimum absolute atomic E-state index is 0.575. The minimum Gasteiger partial charge on any atom is -0.298 e. The van der Waals surface area contributed by atoms with Crippen LogP contribution in [0.3, 0.4) is 0 Å². The van der Waals surface area contributed by atoms with Crippen molar-refractivity contribution in [1.29, 1.82) is 0 Å². The van der Waals surface area contributed by atoms with E-state index in [-0.39, 0.29) is 0 Å². The second-order valence-corrected chi connectivity index (χ2v) is 4.22. The van der Waals surface area contributed by atoms with Gasteiger partial charge in [0.2, 0.25) is 0 Å². The van der Waals surface area contributed by atoms with E-state index in [9.17, 15) is 4.79 Å². The smallest absolute Gasteiger partial charge is 0.151 e. The van der Waals surface area contributed by atoms with Gasteiger partial charge in [0.1, 0.15) is 0 Å². The lowest BCUT2D eigenvalue weighted by atomic mass is 10.2. The summed E-state index contributed by atoms with van der Waals surface area (Å²) in [6.45, 7) is 0. The average molecular weight is 286 g/mol. The Balaban J connectivity index is 2.46. The van der Waals surface area contributed by atoms with Gasteiger partial charge in [-0.15, -0.1) is 0 Å². The molecular weight excluding hydrogens is 279 g/mol. The van der Waals surface area contributed by atoms with Gasteiger partial charge in [0.05, 0.1) is 16.9 Å². The van der Waals surface area contributed by atoms with E-state index in [1.54, 1.807) is 29.2 Å². The third-order valence-corrected chi connectivity index (χ3v) is 2.81. The topological polar surface area (TPSA) is 34.9 Å². The lowest BCUT2D eigenvalue weighted by Crippen LogP contribution is -1.95. The van der Waals surface area contributed by atoms with Crippen LogP contribution in [0, 0.1) is 0 Å². The molecular formula is C10H6BrClN2O. The maximum atomic E-state index is 10.6. The van der Waals surface area contributed by atoms with Gasteiger partial charge in [-0.25, -0.2) is 4.68 Å². The van der Waals surface area contributed by atoms with E-state index >= 15 is 0 Å². The molecule has 0 saturated heterocycles. The monoisotopic (exact) mass is 284 g/mol. The highest BCUT2D eigenvalue weighted by molar-refractivity contribution is 9.10. The van der Waals surface area contributed by atoms with Crippen molar-refractivity contribution in [3.05, 3.63) is 45.7 Å². The van der Waals surface area contributed by atoms with Crippen LogP contribution in [-0.4, -0.2) is 16.1 Å². The molecule has 0 fully saturated rings. The first-order valence-electron chi connectivity index (χ1n) is 4.16. The summed E-state index contributed by atoms with van der Waals surface area (Å²) < 4.78 is 2.38. The van der Waals surface area contributed by atoms with E-state index in [1.165, 1.54) is 0 Å². The van der Waals surface area contributed by atoms with Gasteiger partial charge in [0.15, 0.2) is 6.29 Å². The van der Waals surface area contributed by atoms with Crippen LogP contribution in [0.15, 0.2) is 35.1 Å². The Kier molecular flexibility index (Phi) is 2.88. The number of hydrogen-bond acceptors (Lipinski definition) is 2. The van der Waals surface area contributed by atoms with E-state index in [1.807, 2.05) is 6.07 Å². The van der Waals surface area contributed by atoms with Crippen molar-refractivity contribution in [2.24, 2.45) is 0 Å². The van der Waals surface area contributed by atoms with Crippen LogP contribution < -0.4 is 0 Å². The van der Waals surface area contributed by atoms with Crippen LogP contribution in [-0.2, 0) is 0 Å². The maximum Gasteiger partial charge on any atom is 0.151 e. The van der Waals surface area contributed by atoms with Gasteiger partial charge in [0, 0.05) is 16.2 Å². The third kappa shape index (κ3) is 2.11. The van der Waals surface area contributed by atoms with Crippen molar-refractivity contribution in [2.45, 2.75) is 0 Å². The first kappa shape index (κ1) is 10.4. The highest BCUT2D eigenvalue weighted by atomic mass is 79.9. The first-order chi connectivity index (χ1) is 7.20. The van der Waals surface area contributed by atoms with Gasteiger partial charge in [-0.05, 0) is 34.1 Å². The summed E-state index contributed by atoms with van der Waals surface area (Å²) >= 11 is 9.06. The number of rotatable bonds is 2. The lowest BCUT2D eigenvalue weighted by Gasteiger charge is -2.02. The molecule has 2 aromatic rings. The van der Waals surface area contributed by atoms with Crippen LogP contribution in [0.25, 0.3) is 5.69 Å². The van der Waals surface area contributed by atoms with Crippen molar-refractivity contribution in [3.8, 4) is 5.69 Å². The van der Waals surface area contributed by atoms with Gasteiger partial charge >= 0.3 is 0 Å². The van der Waals surface area contributed by atoms with Crippen molar-refractivity contribution in [3.63, 3.8) is 0 Å². The fourth-order valence-corrected chi connectivity index (χ4v) is 1.79. The van der Waals surface area contributed by atoms with Crippen molar-refractivity contribution in [1.82, 2.24) is 9.78 Å². The Bertz CT molecular complexity index is 510. The molecule has 3 nitrogen and oxygen atoms in total. The second-order valence-electron chi connectivity index (χ2n) is 2.93. The van der Waals surface area contributed by atoms with Crippen molar-refractivity contribution < 1.29 is 4.79 Å². The Morgan fingerprint density at radius 1 is 1.47 bits per heavy atom. The van der Waals surface area contributed by atoms with E-state index in [0.29, 0.717) is 10.6 Å². The normalized spacial score (nSPS) is 10.3. The summed E-state index contributed by atoms with van der Waals surface area (Å²) in [5.74, 6) is 0. The minimum atomic E-state index is 0.575. The number of halogens is 2. The summed E-state index contributed by atoms with van der Waals surface area (Å²) in [4.78, 5) is 10.6. The number of carbonyl (C=O) groups is 1. The molecule has 0 aliphatic carbocycles. The van der Waals surface area contributed by atoms with Crippen LogP contribution in [0.5, 0.6) is 0 Å². The van der Waals surface area contributed by atoms with Gasteiger partial charge < -0.3 is 0 Å². The summed E-state index contributed by atoms with van der Waals surface area (Å²) in [5.41, 5.74) is 1.45. The van der Waals surface area contributed by atoms with Crippen LogP contribution in [0.4, 0.5) is 0 Å². The second kappa shape index (κ2) is 4.16. The van der Waals surface area contributed by atoms with Gasteiger partial charge in [0.25, 0.3) is 0 Å². The SMILES string of the molecule is O=Cc1ccc(-n2cc(Cl)cn2)cc1Br. The summed E-state index contributed by atoms with van der Waals surface area (Å²) in [5, 5.41) is 4.63. The molecule has 0 aliphatic rings. The number of aromatic nitrogens is 2. The zero-order valence-electron chi connectivity index (χ0n) is 7.52. The quantitative estimate of drug-likeness (QED) is 0.795. The molecule has 1 heterocycles. The molecule has 0 atom stereocenters. The van der Waals surface area contributed by atoms with Crippen LogP contribution in [0.1, 0.15) is 10.4 Å². The molecule has 0 amide bonds. The number of hydrogen-bond donors (Lipinski definition) is 0. The molecule has 0 unspecified atom stereocenters. The fraction of sp³-hybridized carbons (Fsp3) is 0. The van der Waals surface area contributed by atoms with Crippen molar-refractivity contribution >= 4 is 33.8 Å². The van der Waals surface area contributed by atoms with E-state index in [0.717, 1.165) is 16.4 Å². The Morgan fingerprint density at radius 3 is 2.80 bits per heavy atom. The summed E-state index contributed by atoms with van der Waals surface area (Å²) in [6, 6.07) is 5.34. The Morgan fingerprint density at radius 2 is 2.27 bits per heavy atom. The molecule has 5 heteroatoms. The summed E-state index contributed by atoms with van der Waals surface area (Å²) in [7, 11) is 0. The van der Waals surface area contributed by atoms with E-state index in [2.05, 4.69) is 21.0 Å². The predicted molar refractivity (Wildman–Crippen MR) is 61.7 cm³/mol. The highest BCUT2D eigenvalue weighted by Gasteiger charge is 2.03. The van der Waals surface area contributed by atoms with Gasteiger partial charge in [-0.3, -0.25) is 4.79 Å². The zero-order valence-corrected chi connectivity index (χ0v) is 9.86. The molecule has 0 spiro atoms. The molecule has 0 aliphatic heterocycles. The van der Waals surface area contributed by atoms with Crippen LogP contribution >= 0.6 is 27.5 Å². The zero-order chi connectivity index (χ0) is 10.8. The first-order valence-corrected chi connectivity index (χ1v) is 5.33. The molecule has 15 heavy (non-hydrogen) atoms. The Labute approximate surface area is 99.8 Å². The summed E-state index contributed by atoms with van der Waals surface area (Å²) in [6.07, 6.45) is 4.05. The van der Waals surface area contributed by atoms with Gasteiger partial charge in [-0.2, -0.15) is 5.10 Å². The molecule has 76 valence electrons. The third-order valence-electron chi connectivity index (χ3n) is 1.93. The van der Waals surface area contributed by atoms with Gasteiger partial charge in [-0.1, -0.05) is 11.6 Å². The van der Waals surface area contributed by atoms with E-state index < -0.39 is 0 Å². The van der Waals surface area contributed by atoms with Crippen LogP contribution in [0.2, 0.25) is 5.02 Å². The fourth-order valence-electron chi connectivity index (χ4n) is 1.20.